The highest BCUT2D eigenvalue weighted by Crippen LogP contribution is 2.28. The van der Waals surface area contributed by atoms with Gasteiger partial charge in [-0.15, -0.1) is 0 Å². The summed E-state index contributed by atoms with van der Waals surface area (Å²) in [6.45, 7) is 2.12. The lowest BCUT2D eigenvalue weighted by Gasteiger charge is -2.17. The number of benzene rings is 1. The molecule has 1 aromatic rings. The first-order valence-electron chi connectivity index (χ1n) is 5.87. The molecule has 1 aliphatic rings. The third-order valence-corrected chi connectivity index (χ3v) is 3.11. The number of hydrogen-bond acceptors (Lipinski definition) is 1. The van der Waals surface area contributed by atoms with Crippen molar-refractivity contribution in [3.8, 4) is 0 Å². The van der Waals surface area contributed by atoms with E-state index in [4.69, 9.17) is 5.11 Å². The van der Waals surface area contributed by atoms with Crippen molar-refractivity contribution in [2.45, 2.75) is 32.6 Å². The molecule has 0 saturated heterocycles. The number of carbonyl (C=O) groups is 1. The maximum Gasteiger partial charge on any atom is 0.338 e. The van der Waals surface area contributed by atoms with E-state index in [1.165, 1.54) is 17.7 Å². The smallest absolute Gasteiger partial charge is 0.338 e. The van der Waals surface area contributed by atoms with Crippen LogP contribution in [0.2, 0.25) is 0 Å². The molecule has 0 spiro atoms. The van der Waals surface area contributed by atoms with Gasteiger partial charge in [-0.05, 0) is 42.5 Å². The van der Waals surface area contributed by atoms with Gasteiger partial charge in [-0.2, -0.15) is 0 Å². The van der Waals surface area contributed by atoms with Gasteiger partial charge < -0.3 is 5.11 Å². The van der Waals surface area contributed by atoms with Gasteiger partial charge in [-0.1, -0.05) is 25.0 Å². The summed E-state index contributed by atoms with van der Waals surface area (Å²) in [4.78, 5) is 10.8. The standard InChI is InChI=1S/C14H15FO2/c1-2-3-9-4-5-10-7-12(14(16)17)13(15)8-11(10)6-9/h6-8H,2-5H2,1H3,(H,16,17). The third kappa shape index (κ3) is 2.38. The summed E-state index contributed by atoms with van der Waals surface area (Å²) < 4.78 is 13.5. The molecule has 0 amide bonds. The average Bonchev–Trinajstić information content (AvgIpc) is 2.28. The molecule has 0 unspecified atom stereocenters. The van der Waals surface area contributed by atoms with E-state index in [0.717, 1.165) is 36.8 Å². The Labute approximate surface area is 99.8 Å². The van der Waals surface area contributed by atoms with E-state index in [-0.39, 0.29) is 5.56 Å². The average molecular weight is 234 g/mol. The van der Waals surface area contributed by atoms with Crippen LogP contribution in [0.25, 0.3) is 6.08 Å². The molecule has 0 aliphatic heterocycles. The van der Waals surface area contributed by atoms with Gasteiger partial charge in [0.15, 0.2) is 0 Å². The lowest BCUT2D eigenvalue weighted by Crippen LogP contribution is -2.06. The normalized spacial score (nSPS) is 14.1. The monoisotopic (exact) mass is 234 g/mol. The van der Waals surface area contributed by atoms with Gasteiger partial charge in [0.2, 0.25) is 0 Å². The second kappa shape index (κ2) is 4.70. The van der Waals surface area contributed by atoms with Crippen molar-refractivity contribution in [1.82, 2.24) is 0 Å². The fraction of sp³-hybridized carbons (Fsp3) is 0.357. The van der Waals surface area contributed by atoms with Gasteiger partial charge >= 0.3 is 5.97 Å². The maximum atomic E-state index is 13.5. The molecule has 2 rings (SSSR count). The Bertz CT molecular complexity index is 489. The summed E-state index contributed by atoms with van der Waals surface area (Å²) in [5.74, 6) is -1.85. The highest BCUT2D eigenvalue weighted by molar-refractivity contribution is 5.88. The highest BCUT2D eigenvalue weighted by atomic mass is 19.1. The molecule has 90 valence electrons. The third-order valence-electron chi connectivity index (χ3n) is 3.11. The van der Waals surface area contributed by atoms with Gasteiger partial charge in [0.05, 0.1) is 5.56 Å². The van der Waals surface area contributed by atoms with Crippen molar-refractivity contribution in [2.24, 2.45) is 0 Å². The van der Waals surface area contributed by atoms with Gasteiger partial charge in [0.1, 0.15) is 5.82 Å². The molecule has 0 saturated carbocycles. The maximum absolute atomic E-state index is 13.5. The molecule has 1 N–H and O–H groups in total. The van der Waals surface area contributed by atoms with Crippen LogP contribution in [0.1, 0.15) is 47.7 Å². The van der Waals surface area contributed by atoms with E-state index >= 15 is 0 Å². The summed E-state index contributed by atoms with van der Waals surface area (Å²) in [6, 6.07) is 2.81. The molecule has 3 heteroatoms. The van der Waals surface area contributed by atoms with E-state index in [1.807, 2.05) is 6.08 Å². The van der Waals surface area contributed by atoms with E-state index in [0.29, 0.717) is 0 Å². The van der Waals surface area contributed by atoms with Crippen molar-refractivity contribution < 1.29 is 14.3 Å². The van der Waals surface area contributed by atoms with Crippen LogP contribution in [0, 0.1) is 5.82 Å². The van der Waals surface area contributed by atoms with Crippen molar-refractivity contribution in [1.29, 1.82) is 0 Å². The molecule has 2 nitrogen and oxygen atoms in total. The fourth-order valence-corrected chi connectivity index (χ4v) is 2.25. The Balaban J connectivity index is 2.41. The quantitative estimate of drug-likeness (QED) is 0.866. The summed E-state index contributed by atoms with van der Waals surface area (Å²) in [5.41, 5.74) is 2.87. The van der Waals surface area contributed by atoms with Gasteiger partial charge in [0.25, 0.3) is 0 Å². The van der Waals surface area contributed by atoms with Gasteiger partial charge in [-0.3, -0.25) is 0 Å². The van der Waals surface area contributed by atoms with Crippen LogP contribution in [0.5, 0.6) is 0 Å². The zero-order valence-corrected chi connectivity index (χ0v) is 9.79. The van der Waals surface area contributed by atoms with E-state index in [2.05, 4.69) is 6.92 Å². The molecular formula is C14H15FO2. The van der Waals surface area contributed by atoms with Crippen molar-refractivity contribution in [3.05, 3.63) is 40.2 Å². The first-order chi connectivity index (χ1) is 8.11. The Morgan fingerprint density at radius 3 is 2.82 bits per heavy atom. The number of hydrogen-bond donors (Lipinski definition) is 1. The van der Waals surface area contributed by atoms with Crippen LogP contribution in [0.4, 0.5) is 4.39 Å². The molecule has 0 atom stereocenters. The van der Waals surface area contributed by atoms with E-state index in [9.17, 15) is 9.18 Å². The SMILES string of the molecule is CCCC1=Cc2cc(F)c(C(=O)O)cc2CC1. The molecule has 1 aliphatic carbocycles. The van der Waals surface area contributed by atoms with Crippen LogP contribution in [-0.4, -0.2) is 11.1 Å². The Kier molecular flexibility index (Phi) is 3.27. The molecule has 0 aromatic heterocycles. The largest absolute Gasteiger partial charge is 0.478 e. The summed E-state index contributed by atoms with van der Waals surface area (Å²) in [7, 11) is 0. The van der Waals surface area contributed by atoms with E-state index in [1.54, 1.807) is 0 Å². The number of carboxylic acids is 1. The summed E-state index contributed by atoms with van der Waals surface area (Å²) in [6.07, 6.45) is 5.86. The zero-order valence-electron chi connectivity index (χ0n) is 9.79. The molecule has 1 aromatic carbocycles. The molecule has 0 bridgehead atoms. The molecule has 0 fully saturated rings. The number of rotatable bonds is 3. The summed E-state index contributed by atoms with van der Waals surface area (Å²) in [5, 5.41) is 8.85. The number of halogens is 1. The predicted molar refractivity (Wildman–Crippen MR) is 64.6 cm³/mol. The van der Waals surface area contributed by atoms with Gasteiger partial charge in [-0.25, -0.2) is 9.18 Å². The first kappa shape index (κ1) is 11.8. The molecular weight excluding hydrogens is 219 g/mol. The number of aryl methyl sites for hydroxylation is 1. The second-order valence-electron chi connectivity index (χ2n) is 4.39. The lowest BCUT2D eigenvalue weighted by atomic mass is 9.89. The van der Waals surface area contributed by atoms with Crippen molar-refractivity contribution >= 4 is 12.0 Å². The van der Waals surface area contributed by atoms with E-state index < -0.39 is 11.8 Å². The fourth-order valence-electron chi connectivity index (χ4n) is 2.25. The lowest BCUT2D eigenvalue weighted by molar-refractivity contribution is 0.0691. The second-order valence-corrected chi connectivity index (χ2v) is 4.39. The molecule has 0 heterocycles. The number of fused-ring (bicyclic) bond motifs is 1. The minimum absolute atomic E-state index is 0.226. The van der Waals surface area contributed by atoms with Crippen molar-refractivity contribution in [3.63, 3.8) is 0 Å². The minimum Gasteiger partial charge on any atom is -0.478 e. The van der Waals surface area contributed by atoms with Crippen LogP contribution in [0.3, 0.4) is 0 Å². The number of aromatic carboxylic acids is 1. The highest BCUT2D eigenvalue weighted by Gasteiger charge is 2.17. The minimum atomic E-state index is -1.20. The summed E-state index contributed by atoms with van der Waals surface area (Å²) >= 11 is 0. The van der Waals surface area contributed by atoms with Crippen molar-refractivity contribution in [2.75, 3.05) is 0 Å². The topological polar surface area (TPSA) is 37.3 Å². The van der Waals surface area contributed by atoms with Crippen LogP contribution >= 0.6 is 0 Å². The Morgan fingerprint density at radius 2 is 2.18 bits per heavy atom. The Hall–Kier alpha value is -1.64. The van der Waals surface area contributed by atoms with Crippen LogP contribution in [-0.2, 0) is 6.42 Å². The molecule has 0 radical (unpaired) electrons. The van der Waals surface area contributed by atoms with Gasteiger partial charge in [0, 0.05) is 0 Å². The van der Waals surface area contributed by atoms with Crippen LogP contribution < -0.4 is 0 Å². The number of carboxylic acid groups (broad SMARTS) is 1. The Morgan fingerprint density at radius 1 is 1.41 bits per heavy atom. The predicted octanol–water partition coefficient (Wildman–Crippen LogP) is 3.65. The number of allylic oxidation sites excluding steroid dienone is 1. The first-order valence-corrected chi connectivity index (χ1v) is 5.87. The van der Waals surface area contributed by atoms with Crippen LogP contribution in [0.15, 0.2) is 17.7 Å². The molecule has 17 heavy (non-hydrogen) atoms. The zero-order chi connectivity index (χ0) is 12.4.